The molecule has 1 aromatic heterocycles. The zero-order chi connectivity index (χ0) is 22.2. The molecule has 32 heavy (non-hydrogen) atoms. The fourth-order valence-electron chi connectivity index (χ4n) is 5.83. The van der Waals surface area contributed by atoms with Gasteiger partial charge >= 0.3 is 0 Å². The third-order valence-corrected chi connectivity index (χ3v) is 7.28. The van der Waals surface area contributed by atoms with E-state index in [1.54, 1.807) is 0 Å². The number of nitrogens with zero attached hydrogens (tertiary/aromatic N) is 1. The van der Waals surface area contributed by atoms with E-state index in [0.717, 1.165) is 39.7 Å². The van der Waals surface area contributed by atoms with Crippen molar-refractivity contribution in [3.63, 3.8) is 0 Å². The first-order valence-corrected chi connectivity index (χ1v) is 12.0. The van der Waals surface area contributed by atoms with Gasteiger partial charge in [0.05, 0.1) is 22.9 Å². The molecule has 2 fully saturated rings. The second kappa shape index (κ2) is 8.57. The maximum absolute atomic E-state index is 13.5. The molecule has 0 spiro atoms. The second-order valence-electron chi connectivity index (χ2n) is 9.84. The molecule has 1 N–H and O–H groups in total. The first kappa shape index (κ1) is 21.0. The lowest BCUT2D eigenvalue weighted by atomic mass is 9.84. The van der Waals surface area contributed by atoms with Gasteiger partial charge in [0, 0.05) is 17.0 Å². The molecule has 4 nitrogen and oxygen atoms in total. The van der Waals surface area contributed by atoms with E-state index in [9.17, 15) is 4.79 Å². The van der Waals surface area contributed by atoms with Gasteiger partial charge in [0.25, 0.3) is 5.91 Å². The lowest BCUT2D eigenvalue weighted by Crippen LogP contribution is -2.40. The molecule has 2 bridgehead atoms. The predicted molar refractivity (Wildman–Crippen MR) is 129 cm³/mol. The first-order valence-electron chi connectivity index (χ1n) is 12.0. The summed E-state index contributed by atoms with van der Waals surface area (Å²) in [6.07, 6.45) is 5.36. The highest BCUT2D eigenvalue weighted by molar-refractivity contribution is 6.07. The third kappa shape index (κ3) is 3.99. The highest BCUT2D eigenvalue weighted by Crippen LogP contribution is 2.49. The van der Waals surface area contributed by atoms with Crippen LogP contribution in [-0.4, -0.2) is 23.0 Å². The highest BCUT2D eigenvalue weighted by Gasteiger charge is 2.42. The van der Waals surface area contributed by atoms with Gasteiger partial charge in [-0.15, -0.1) is 0 Å². The fourth-order valence-corrected chi connectivity index (χ4v) is 5.83. The Morgan fingerprint density at radius 3 is 2.56 bits per heavy atom. The lowest BCUT2D eigenvalue weighted by Gasteiger charge is -2.28. The van der Waals surface area contributed by atoms with Gasteiger partial charge in [0.15, 0.2) is 0 Å². The largest absolute Gasteiger partial charge is 0.490 e. The molecule has 4 heteroatoms. The molecular formula is C28H32N2O2. The summed E-state index contributed by atoms with van der Waals surface area (Å²) in [5.41, 5.74) is 3.17. The van der Waals surface area contributed by atoms with E-state index in [2.05, 4.69) is 12.2 Å². The number of fused-ring (bicyclic) bond motifs is 3. The average Bonchev–Trinajstić information content (AvgIpc) is 3.42. The van der Waals surface area contributed by atoms with Crippen LogP contribution < -0.4 is 10.1 Å². The number of benzene rings is 2. The van der Waals surface area contributed by atoms with Gasteiger partial charge in [-0.05, 0) is 82.1 Å². The van der Waals surface area contributed by atoms with Gasteiger partial charge in [0.1, 0.15) is 5.75 Å². The Bertz CT molecular complexity index is 1140. The van der Waals surface area contributed by atoms with E-state index in [1.165, 1.54) is 25.7 Å². The number of amides is 1. The van der Waals surface area contributed by atoms with E-state index in [4.69, 9.17) is 9.72 Å². The van der Waals surface area contributed by atoms with E-state index in [1.807, 2.05) is 68.4 Å². The number of aromatic nitrogens is 1. The van der Waals surface area contributed by atoms with Crippen molar-refractivity contribution in [2.24, 2.45) is 17.8 Å². The maximum atomic E-state index is 13.5. The van der Waals surface area contributed by atoms with Crippen molar-refractivity contribution in [2.45, 2.75) is 58.6 Å². The third-order valence-electron chi connectivity index (χ3n) is 7.28. The Kier molecular flexibility index (Phi) is 5.62. The summed E-state index contributed by atoms with van der Waals surface area (Å²) in [4.78, 5) is 18.4. The van der Waals surface area contributed by atoms with Crippen LogP contribution in [0.3, 0.4) is 0 Å². The molecule has 4 atom stereocenters. The number of rotatable bonds is 6. The molecule has 2 aromatic carbocycles. The van der Waals surface area contributed by atoms with Crippen molar-refractivity contribution in [1.82, 2.24) is 10.3 Å². The predicted octanol–water partition coefficient (Wildman–Crippen LogP) is 6.24. The molecule has 1 amide bonds. The zero-order valence-electron chi connectivity index (χ0n) is 19.2. The van der Waals surface area contributed by atoms with E-state index in [0.29, 0.717) is 11.5 Å². The minimum Gasteiger partial charge on any atom is -0.490 e. The van der Waals surface area contributed by atoms with Crippen LogP contribution in [0.25, 0.3) is 22.2 Å². The van der Waals surface area contributed by atoms with E-state index in [-0.39, 0.29) is 18.1 Å². The number of ether oxygens (including phenoxy) is 1. The molecule has 2 saturated carbocycles. The number of hydrogen-bond donors (Lipinski definition) is 1. The van der Waals surface area contributed by atoms with Crippen molar-refractivity contribution in [2.75, 3.05) is 0 Å². The molecule has 0 aliphatic heterocycles. The maximum Gasteiger partial charge on any atom is 0.252 e. The average molecular weight is 429 g/mol. The minimum atomic E-state index is -0.0117. The van der Waals surface area contributed by atoms with Crippen molar-refractivity contribution >= 4 is 16.8 Å². The Balaban J connectivity index is 1.50. The topological polar surface area (TPSA) is 51.2 Å². The summed E-state index contributed by atoms with van der Waals surface area (Å²) in [5, 5.41) is 4.23. The number of pyridine rings is 1. The summed E-state index contributed by atoms with van der Waals surface area (Å²) >= 11 is 0. The quantitative estimate of drug-likeness (QED) is 0.505. The molecule has 166 valence electrons. The summed E-state index contributed by atoms with van der Waals surface area (Å²) < 4.78 is 6.03. The SMILES string of the molecule is CC(C)Oc1ccccc1-c1cc(C(=O)N[C@H](C)[C@H]2C[C@H]3CC[C@H]2C3)c2ccccc2n1. The van der Waals surface area contributed by atoms with E-state index < -0.39 is 0 Å². The van der Waals surface area contributed by atoms with Crippen molar-refractivity contribution < 1.29 is 9.53 Å². The number of hydrogen-bond acceptors (Lipinski definition) is 3. The Morgan fingerprint density at radius 2 is 1.81 bits per heavy atom. The number of nitrogens with one attached hydrogen (secondary N) is 1. The van der Waals surface area contributed by atoms with Crippen molar-refractivity contribution in [1.29, 1.82) is 0 Å². The summed E-state index contributed by atoms with van der Waals surface area (Å²) in [6, 6.07) is 17.9. The monoisotopic (exact) mass is 428 g/mol. The van der Waals surface area contributed by atoms with Crippen molar-refractivity contribution in [3.05, 3.63) is 60.2 Å². The summed E-state index contributed by atoms with van der Waals surface area (Å²) in [7, 11) is 0. The van der Waals surface area contributed by atoms with Gasteiger partial charge in [0.2, 0.25) is 0 Å². The van der Waals surface area contributed by atoms with Crippen LogP contribution in [0.4, 0.5) is 0 Å². The van der Waals surface area contributed by atoms with Gasteiger partial charge in [-0.25, -0.2) is 4.98 Å². The molecule has 3 aromatic rings. The smallest absolute Gasteiger partial charge is 0.252 e. The molecule has 1 heterocycles. The fraction of sp³-hybridized carbons (Fsp3) is 0.429. The molecule has 2 aliphatic carbocycles. The molecule has 0 unspecified atom stereocenters. The Morgan fingerprint density at radius 1 is 1.03 bits per heavy atom. The second-order valence-corrected chi connectivity index (χ2v) is 9.84. The summed E-state index contributed by atoms with van der Waals surface area (Å²) in [5.74, 6) is 3.02. The number of carbonyl (C=O) groups is 1. The lowest BCUT2D eigenvalue weighted by molar-refractivity contribution is 0.0917. The van der Waals surface area contributed by atoms with Gasteiger partial charge < -0.3 is 10.1 Å². The molecule has 5 rings (SSSR count). The van der Waals surface area contributed by atoms with E-state index >= 15 is 0 Å². The molecule has 0 saturated heterocycles. The van der Waals surface area contributed by atoms with Gasteiger partial charge in [-0.2, -0.15) is 0 Å². The first-order chi connectivity index (χ1) is 15.5. The zero-order valence-corrected chi connectivity index (χ0v) is 19.2. The van der Waals surface area contributed by atoms with Crippen LogP contribution in [0.2, 0.25) is 0 Å². The molecule has 0 radical (unpaired) electrons. The van der Waals surface area contributed by atoms with Crippen LogP contribution in [0, 0.1) is 17.8 Å². The van der Waals surface area contributed by atoms with Crippen LogP contribution in [0.15, 0.2) is 54.6 Å². The van der Waals surface area contributed by atoms with Crippen molar-refractivity contribution in [3.8, 4) is 17.0 Å². The van der Waals surface area contributed by atoms with Crippen LogP contribution in [0.1, 0.15) is 56.8 Å². The molecule has 2 aliphatic rings. The standard InChI is InChI=1S/C28H32N2O2/c1-17(2)32-27-11-7-5-9-22(27)26-16-24(21-8-4-6-10-25(21)30-26)28(31)29-18(3)23-15-19-12-13-20(23)14-19/h4-11,16-20,23H,12-15H2,1-3H3,(H,29,31)/t18-,19+,20+,23-/m1/s1. The Labute approximate surface area is 190 Å². The minimum absolute atomic E-state index is 0.0117. The summed E-state index contributed by atoms with van der Waals surface area (Å²) in [6.45, 7) is 6.21. The Hall–Kier alpha value is -2.88. The normalized spacial score (nSPS) is 22.9. The number of para-hydroxylation sites is 2. The number of carbonyl (C=O) groups excluding carboxylic acids is 1. The van der Waals surface area contributed by atoms with Crippen LogP contribution in [-0.2, 0) is 0 Å². The highest BCUT2D eigenvalue weighted by atomic mass is 16.5. The van der Waals surface area contributed by atoms with Gasteiger partial charge in [-0.3, -0.25) is 4.79 Å². The van der Waals surface area contributed by atoms with Gasteiger partial charge in [-0.1, -0.05) is 36.8 Å². The van der Waals surface area contributed by atoms with Crippen LogP contribution >= 0.6 is 0 Å². The van der Waals surface area contributed by atoms with Crippen LogP contribution in [0.5, 0.6) is 5.75 Å². The molecular weight excluding hydrogens is 396 g/mol.